The highest BCUT2D eigenvalue weighted by molar-refractivity contribution is 6.36. The normalized spacial score (nSPS) is 11.6. The van der Waals surface area contributed by atoms with Crippen LogP contribution in [0.2, 0.25) is 10.0 Å². The Morgan fingerprint density at radius 3 is 2.61 bits per heavy atom. The van der Waals surface area contributed by atoms with Gasteiger partial charge in [0.15, 0.2) is 0 Å². The van der Waals surface area contributed by atoms with Crippen LogP contribution in [0.1, 0.15) is 29.8 Å². The van der Waals surface area contributed by atoms with Crippen molar-refractivity contribution in [3.8, 4) is 5.75 Å². The van der Waals surface area contributed by atoms with Crippen molar-refractivity contribution in [3.05, 3.63) is 74.0 Å². The highest BCUT2D eigenvalue weighted by Crippen LogP contribution is 2.26. The van der Waals surface area contributed by atoms with E-state index >= 15 is 0 Å². The number of aromatic hydroxyl groups is 1. The fraction of sp³-hybridized carbons (Fsp3) is 0.150. The second-order valence-corrected chi connectivity index (χ2v) is 6.90. The number of aromatic nitrogens is 1. The number of aryl methyl sites for hydroxylation is 1. The van der Waals surface area contributed by atoms with Gasteiger partial charge in [0.25, 0.3) is 11.5 Å². The zero-order chi connectivity index (χ0) is 20.4. The third-order valence-electron chi connectivity index (χ3n) is 4.32. The van der Waals surface area contributed by atoms with Crippen molar-refractivity contribution in [1.82, 2.24) is 9.99 Å². The molecule has 0 spiro atoms. The Hall–Kier alpha value is -2.83. The molecule has 0 saturated carbocycles. The minimum Gasteiger partial charge on any atom is -0.506 e. The van der Waals surface area contributed by atoms with Crippen LogP contribution >= 0.6 is 23.2 Å². The fourth-order valence-corrected chi connectivity index (χ4v) is 3.45. The number of fused-ring (bicyclic) bond motifs is 1. The van der Waals surface area contributed by atoms with Crippen molar-refractivity contribution in [2.45, 2.75) is 20.4 Å². The Bertz CT molecular complexity index is 1170. The smallest absolute Gasteiger partial charge is 0.272 e. The molecule has 144 valence electrons. The molecular formula is C20H17Cl2N3O3. The van der Waals surface area contributed by atoms with Crippen molar-refractivity contribution in [1.29, 1.82) is 0 Å². The second kappa shape index (κ2) is 8.04. The Morgan fingerprint density at radius 1 is 1.21 bits per heavy atom. The van der Waals surface area contributed by atoms with Gasteiger partial charge in [-0.25, -0.2) is 5.43 Å². The summed E-state index contributed by atoms with van der Waals surface area (Å²) < 4.78 is 1.54. The maximum atomic E-state index is 12.9. The Balaban J connectivity index is 2.02. The van der Waals surface area contributed by atoms with Gasteiger partial charge in [0.2, 0.25) is 0 Å². The highest BCUT2D eigenvalue weighted by atomic mass is 35.5. The van der Waals surface area contributed by atoms with Crippen LogP contribution in [0.15, 0.2) is 52.4 Å². The number of carbonyl (C=O) groups is 1. The van der Waals surface area contributed by atoms with Crippen molar-refractivity contribution in [3.63, 3.8) is 0 Å². The minimum atomic E-state index is -0.558. The second-order valence-electron chi connectivity index (χ2n) is 6.05. The molecule has 28 heavy (non-hydrogen) atoms. The van der Waals surface area contributed by atoms with Crippen LogP contribution in [0, 0.1) is 0 Å². The molecule has 0 radical (unpaired) electrons. The average Bonchev–Trinajstić information content (AvgIpc) is 2.66. The SMILES string of the molecule is CCn1c(=O)c(C(C)=NNC(=O)c2ccc(Cl)cc2Cl)c(O)c2ccccc21. The van der Waals surface area contributed by atoms with Crippen LogP contribution in [-0.4, -0.2) is 21.3 Å². The van der Waals surface area contributed by atoms with Crippen LogP contribution in [0.3, 0.4) is 0 Å². The van der Waals surface area contributed by atoms with E-state index in [1.807, 2.05) is 6.92 Å². The predicted octanol–water partition coefficient (Wildman–Crippen LogP) is 4.19. The molecule has 0 aliphatic heterocycles. The van der Waals surface area contributed by atoms with E-state index in [1.165, 1.54) is 25.1 Å². The lowest BCUT2D eigenvalue weighted by molar-refractivity contribution is 0.0955. The number of rotatable bonds is 4. The molecule has 2 N–H and O–H groups in total. The van der Waals surface area contributed by atoms with E-state index in [4.69, 9.17) is 23.2 Å². The van der Waals surface area contributed by atoms with Gasteiger partial charge in [-0.1, -0.05) is 35.3 Å². The van der Waals surface area contributed by atoms with Gasteiger partial charge in [0.05, 0.1) is 21.8 Å². The van der Waals surface area contributed by atoms with E-state index in [0.717, 1.165) is 0 Å². The molecule has 0 unspecified atom stereocenters. The van der Waals surface area contributed by atoms with Crippen molar-refractivity contribution < 1.29 is 9.90 Å². The molecule has 0 fully saturated rings. The summed E-state index contributed by atoms with van der Waals surface area (Å²) in [6.07, 6.45) is 0. The predicted molar refractivity (Wildman–Crippen MR) is 112 cm³/mol. The average molecular weight is 418 g/mol. The Labute approximate surface area is 171 Å². The minimum absolute atomic E-state index is 0.0306. The summed E-state index contributed by atoms with van der Waals surface area (Å²) >= 11 is 11.9. The first-order valence-corrected chi connectivity index (χ1v) is 9.25. The molecule has 0 aliphatic rings. The number of nitrogens with zero attached hydrogens (tertiary/aromatic N) is 2. The highest BCUT2D eigenvalue weighted by Gasteiger charge is 2.18. The molecule has 1 heterocycles. The number of halogens is 2. The summed E-state index contributed by atoms with van der Waals surface area (Å²) in [4.78, 5) is 25.2. The zero-order valence-electron chi connectivity index (χ0n) is 15.2. The number of nitrogens with one attached hydrogen (secondary N) is 1. The van der Waals surface area contributed by atoms with E-state index < -0.39 is 11.5 Å². The van der Waals surface area contributed by atoms with Gasteiger partial charge in [0.1, 0.15) is 11.3 Å². The first-order valence-electron chi connectivity index (χ1n) is 8.49. The van der Waals surface area contributed by atoms with Crippen molar-refractivity contribution >= 4 is 45.7 Å². The molecule has 0 bridgehead atoms. The van der Waals surface area contributed by atoms with Crippen LogP contribution in [0.4, 0.5) is 0 Å². The number of pyridine rings is 1. The summed E-state index contributed by atoms with van der Waals surface area (Å²) in [7, 11) is 0. The van der Waals surface area contributed by atoms with Crippen LogP contribution < -0.4 is 11.0 Å². The number of hydrogen-bond acceptors (Lipinski definition) is 4. The summed E-state index contributed by atoms with van der Waals surface area (Å²) in [6.45, 7) is 3.80. The Kier molecular flexibility index (Phi) is 5.72. The molecular weight excluding hydrogens is 401 g/mol. The van der Waals surface area contributed by atoms with E-state index in [0.29, 0.717) is 22.5 Å². The Morgan fingerprint density at radius 2 is 1.93 bits per heavy atom. The largest absolute Gasteiger partial charge is 0.506 e. The number of para-hydroxylation sites is 1. The molecule has 2 aromatic carbocycles. The number of hydrazone groups is 1. The number of carbonyl (C=O) groups excluding carboxylic acids is 1. The maximum absolute atomic E-state index is 12.9. The molecule has 1 amide bonds. The van der Waals surface area contributed by atoms with Crippen LogP contribution in [0.25, 0.3) is 10.9 Å². The zero-order valence-corrected chi connectivity index (χ0v) is 16.7. The van der Waals surface area contributed by atoms with Gasteiger partial charge in [-0.3, -0.25) is 9.59 Å². The number of amides is 1. The van der Waals surface area contributed by atoms with E-state index in [2.05, 4.69) is 10.5 Å². The summed E-state index contributed by atoms with van der Waals surface area (Å²) in [6, 6.07) is 11.5. The standard InChI is InChI=1S/C20H17Cl2N3O3/c1-3-25-16-7-5-4-6-14(16)18(26)17(20(25)28)11(2)23-24-19(27)13-9-8-12(21)10-15(13)22/h4-10,26H,3H2,1-2H3,(H,24,27). The van der Waals surface area contributed by atoms with Gasteiger partial charge in [-0.2, -0.15) is 5.10 Å². The quantitative estimate of drug-likeness (QED) is 0.492. The lowest BCUT2D eigenvalue weighted by atomic mass is 10.1. The van der Waals surface area contributed by atoms with Crippen molar-refractivity contribution in [2.75, 3.05) is 0 Å². The number of hydrogen-bond donors (Lipinski definition) is 2. The van der Waals surface area contributed by atoms with Crippen LogP contribution in [-0.2, 0) is 6.54 Å². The van der Waals surface area contributed by atoms with Gasteiger partial charge < -0.3 is 9.67 Å². The van der Waals surface area contributed by atoms with Crippen LogP contribution in [0.5, 0.6) is 5.75 Å². The van der Waals surface area contributed by atoms with Gasteiger partial charge >= 0.3 is 0 Å². The third-order valence-corrected chi connectivity index (χ3v) is 4.87. The summed E-state index contributed by atoms with van der Waals surface area (Å²) in [5.41, 5.74) is 2.99. The molecule has 0 saturated heterocycles. The van der Waals surface area contributed by atoms with Crippen molar-refractivity contribution in [2.24, 2.45) is 5.10 Å². The molecule has 3 aromatic rings. The molecule has 0 aliphatic carbocycles. The first-order chi connectivity index (χ1) is 13.3. The first kappa shape index (κ1) is 19.9. The summed E-state index contributed by atoms with van der Waals surface area (Å²) in [5.74, 6) is -0.734. The lowest BCUT2D eigenvalue weighted by Gasteiger charge is -2.13. The molecule has 1 aromatic heterocycles. The van der Waals surface area contributed by atoms with E-state index in [9.17, 15) is 14.7 Å². The van der Waals surface area contributed by atoms with Gasteiger partial charge in [0, 0.05) is 17.0 Å². The molecule has 8 heteroatoms. The van der Waals surface area contributed by atoms with Gasteiger partial charge in [-0.05, 0) is 44.2 Å². The number of benzene rings is 2. The maximum Gasteiger partial charge on any atom is 0.272 e. The molecule has 3 rings (SSSR count). The summed E-state index contributed by atoms with van der Waals surface area (Å²) in [5, 5.41) is 15.7. The lowest BCUT2D eigenvalue weighted by Crippen LogP contribution is -2.27. The van der Waals surface area contributed by atoms with E-state index in [1.54, 1.807) is 28.8 Å². The molecule has 0 atom stereocenters. The fourth-order valence-electron chi connectivity index (χ4n) is 2.95. The monoisotopic (exact) mass is 417 g/mol. The molecule has 6 nitrogen and oxygen atoms in total. The third kappa shape index (κ3) is 3.61. The van der Waals surface area contributed by atoms with Gasteiger partial charge in [-0.15, -0.1) is 0 Å². The van der Waals surface area contributed by atoms with E-state index in [-0.39, 0.29) is 27.6 Å². The topological polar surface area (TPSA) is 83.7 Å².